The van der Waals surface area contributed by atoms with Gasteiger partial charge in [-0.3, -0.25) is 0 Å². The van der Waals surface area contributed by atoms with Crippen LogP contribution >= 0.6 is 0 Å². The second kappa shape index (κ2) is 5.61. The van der Waals surface area contributed by atoms with Gasteiger partial charge >= 0.3 is 0 Å². The molecule has 5 nitrogen and oxygen atoms in total. The molecule has 0 saturated heterocycles. The predicted molar refractivity (Wildman–Crippen MR) is 81.3 cm³/mol. The Bertz CT molecular complexity index is 779. The molecule has 0 aliphatic rings. The van der Waals surface area contributed by atoms with E-state index in [2.05, 4.69) is 22.0 Å². The smallest absolute Gasteiger partial charge is 0.163 e. The predicted octanol–water partition coefficient (Wildman–Crippen LogP) is 2.43. The molecule has 1 N–H and O–H groups in total. The minimum atomic E-state index is -0.0887. The van der Waals surface area contributed by atoms with Gasteiger partial charge in [0, 0.05) is 18.2 Å². The normalized spacial score (nSPS) is 11.2. The van der Waals surface area contributed by atoms with Crippen LogP contribution in [0.2, 0.25) is 0 Å². The third kappa shape index (κ3) is 2.40. The van der Waals surface area contributed by atoms with Crippen LogP contribution in [0.15, 0.2) is 30.3 Å². The Kier molecular flexibility index (Phi) is 3.66. The first-order valence-corrected chi connectivity index (χ1v) is 7.21. The van der Waals surface area contributed by atoms with E-state index in [-0.39, 0.29) is 6.61 Å². The topological polar surface area (TPSA) is 63.8 Å². The summed E-state index contributed by atoms with van der Waals surface area (Å²) in [6.07, 6.45) is 1.57. The molecule has 0 atom stereocenters. The van der Waals surface area contributed by atoms with Crippen molar-refractivity contribution >= 4 is 10.8 Å². The van der Waals surface area contributed by atoms with Gasteiger partial charge in [0.1, 0.15) is 5.82 Å². The molecule has 0 saturated carbocycles. The molecule has 0 spiro atoms. The lowest BCUT2D eigenvalue weighted by atomic mass is 10.1. The standard InChI is InChI=1S/C16H18N4O/c1-3-14-18-15(4-2)20(19-14)16-13-8-6-5-7-11(13)9-12(10-21)17-16/h5-9,21H,3-4,10H2,1-2H3. The maximum absolute atomic E-state index is 9.44. The van der Waals surface area contributed by atoms with Crippen LogP contribution < -0.4 is 0 Å². The lowest BCUT2D eigenvalue weighted by Crippen LogP contribution is -2.07. The van der Waals surface area contributed by atoms with Crippen molar-refractivity contribution in [1.29, 1.82) is 0 Å². The van der Waals surface area contributed by atoms with E-state index < -0.39 is 0 Å². The van der Waals surface area contributed by atoms with Crippen LogP contribution in [-0.4, -0.2) is 24.9 Å². The van der Waals surface area contributed by atoms with E-state index in [0.717, 1.165) is 41.1 Å². The van der Waals surface area contributed by atoms with Gasteiger partial charge in [-0.2, -0.15) is 4.68 Å². The van der Waals surface area contributed by atoms with Crippen molar-refractivity contribution in [3.05, 3.63) is 47.7 Å². The summed E-state index contributed by atoms with van der Waals surface area (Å²) >= 11 is 0. The molecule has 108 valence electrons. The minimum Gasteiger partial charge on any atom is -0.390 e. The Morgan fingerprint density at radius 2 is 1.90 bits per heavy atom. The zero-order chi connectivity index (χ0) is 14.8. The number of rotatable bonds is 4. The van der Waals surface area contributed by atoms with Crippen LogP contribution in [0, 0.1) is 0 Å². The highest BCUT2D eigenvalue weighted by Gasteiger charge is 2.14. The van der Waals surface area contributed by atoms with Gasteiger partial charge in [-0.1, -0.05) is 38.1 Å². The van der Waals surface area contributed by atoms with Gasteiger partial charge in [0.05, 0.1) is 12.3 Å². The Balaban J connectivity index is 2.30. The molecule has 0 radical (unpaired) electrons. The fraction of sp³-hybridized carbons (Fsp3) is 0.312. The second-order valence-corrected chi connectivity index (χ2v) is 4.88. The summed E-state index contributed by atoms with van der Waals surface area (Å²) in [5, 5.41) is 16.0. The molecule has 0 aliphatic carbocycles. The SMILES string of the molecule is CCc1nc(CC)n(-c2nc(CO)cc3ccccc23)n1. The number of pyridine rings is 1. The molecule has 0 aliphatic heterocycles. The van der Waals surface area contributed by atoms with Gasteiger partial charge in [0.2, 0.25) is 0 Å². The number of aryl methyl sites for hydroxylation is 2. The summed E-state index contributed by atoms with van der Waals surface area (Å²) in [6, 6.07) is 9.90. The first kappa shape index (κ1) is 13.7. The minimum absolute atomic E-state index is 0.0887. The molecule has 1 aromatic carbocycles. The molecule has 5 heteroatoms. The zero-order valence-corrected chi connectivity index (χ0v) is 12.2. The number of aromatic nitrogens is 4. The third-order valence-corrected chi connectivity index (χ3v) is 3.49. The van der Waals surface area contributed by atoms with E-state index in [1.807, 2.05) is 37.3 Å². The average molecular weight is 282 g/mol. The molecule has 0 fully saturated rings. The van der Waals surface area contributed by atoms with Crippen molar-refractivity contribution < 1.29 is 5.11 Å². The Morgan fingerprint density at radius 3 is 2.62 bits per heavy atom. The summed E-state index contributed by atoms with van der Waals surface area (Å²) in [5.74, 6) is 2.44. The molecule has 3 rings (SSSR count). The molecule has 0 bridgehead atoms. The van der Waals surface area contributed by atoms with Crippen molar-refractivity contribution in [3.8, 4) is 5.82 Å². The third-order valence-electron chi connectivity index (χ3n) is 3.49. The van der Waals surface area contributed by atoms with Crippen LogP contribution in [-0.2, 0) is 19.4 Å². The van der Waals surface area contributed by atoms with E-state index in [1.165, 1.54) is 0 Å². The molecule has 2 heterocycles. The fourth-order valence-corrected chi connectivity index (χ4v) is 2.42. The number of hydrogen-bond donors (Lipinski definition) is 1. The largest absolute Gasteiger partial charge is 0.390 e. The molecule has 0 unspecified atom stereocenters. The van der Waals surface area contributed by atoms with Gasteiger partial charge in [0.15, 0.2) is 11.6 Å². The molecule has 3 aromatic rings. The summed E-state index contributed by atoms with van der Waals surface area (Å²) < 4.78 is 1.81. The van der Waals surface area contributed by atoms with E-state index >= 15 is 0 Å². The van der Waals surface area contributed by atoms with Crippen LogP contribution in [0.25, 0.3) is 16.6 Å². The molecule has 21 heavy (non-hydrogen) atoms. The number of aliphatic hydroxyl groups is 1. The van der Waals surface area contributed by atoms with Crippen LogP contribution in [0.3, 0.4) is 0 Å². The fourth-order valence-electron chi connectivity index (χ4n) is 2.42. The van der Waals surface area contributed by atoms with E-state index in [9.17, 15) is 5.11 Å². The second-order valence-electron chi connectivity index (χ2n) is 4.88. The monoisotopic (exact) mass is 282 g/mol. The average Bonchev–Trinajstić information content (AvgIpc) is 2.97. The van der Waals surface area contributed by atoms with Crippen LogP contribution in [0.1, 0.15) is 31.2 Å². The number of benzene rings is 1. The molecular weight excluding hydrogens is 264 g/mol. The lowest BCUT2D eigenvalue weighted by Gasteiger charge is -2.09. The molecular formula is C16H18N4O. The van der Waals surface area contributed by atoms with Gasteiger partial charge in [-0.25, -0.2) is 9.97 Å². The quantitative estimate of drug-likeness (QED) is 0.798. The summed E-state index contributed by atoms with van der Waals surface area (Å²) in [6.45, 7) is 4.00. The van der Waals surface area contributed by atoms with Crippen molar-refractivity contribution in [1.82, 2.24) is 19.7 Å². The first-order valence-electron chi connectivity index (χ1n) is 7.21. The van der Waals surface area contributed by atoms with Crippen molar-refractivity contribution in [3.63, 3.8) is 0 Å². The highest BCUT2D eigenvalue weighted by molar-refractivity contribution is 5.88. The van der Waals surface area contributed by atoms with E-state index in [1.54, 1.807) is 4.68 Å². The van der Waals surface area contributed by atoms with Crippen molar-refractivity contribution in [2.24, 2.45) is 0 Å². The zero-order valence-electron chi connectivity index (χ0n) is 12.2. The molecule has 0 amide bonds. The maximum Gasteiger partial charge on any atom is 0.163 e. The van der Waals surface area contributed by atoms with Gasteiger partial charge in [-0.15, -0.1) is 5.10 Å². The molecule has 2 aromatic heterocycles. The van der Waals surface area contributed by atoms with E-state index in [0.29, 0.717) is 5.69 Å². The van der Waals surface area contributed by atoms with E-state index in [4.69, 9.17) is 0 Å². The number of fused-ring (bicyclic) bond motifs is 1. The van der Waals surface area contributed by atoms with Gasteiger partial charge < -0.3 is 5.11 Å². The Labute approximate surface area is 123 Å². The number of hydrogen-bond acceptors (Lipinski definition) is 4. The summed E-state index contributed by atoms with van der Waals surface area (Å²) in [5.41, 5.74) is 0.638. The van der Waals surface area contributed by atoms with Crippen molar-refractivity contribution in [2.45, 2.75) is 33.3 Å². The lowest BCUT2D eigenvalue weighted by molar-refractivity contribution is 0.277. The number of aliphatic hydroxyl groups excluding tert-OH is 1. The van der Waals surface area contributed by atoms with Gasteiger partial charge in [-0.05, 0) is 11.5 Å². The maximum atomic E-state index is 9.44. The van der Waals surface area contributed by atoms with Crippen LogP contribution in [0.5, 0.6) is 0 Å². The van der Waals surface area contributed by atoms with Gasteiger partial charge in [0.25, 0.3) is 0 Å². The van der Waals surface area contributed by atoms with Crippen LogP contribution in [0.4, 0.5) is 0 Å². The highest BCUT2D eigenvalue weighted by Crippen LogP contribution is 2.22. The summed E-state index contributed by atoms with van der Waals surface area (Å²) in [4.78, 5) is 9.09. The Hall–Kier alpha value is -2.27. The highest BCUT2D eigenvalue weighted by atomic mass is 16.3. The first-order chi connectivity index (χ1) is 10.3. The summed E-state index contributed by atoms with van der Waals surface area (Å²) in [7, 11) is 0. The Morgan fingerprint density at radius 1 is 1.10 bits per heavy atom. The number of nitrogens with zero attached hydrogens (tertiary/aromatic N) is 4. The van der Waals surface area contributed by atoms with Crippen molar-refractivity contribution in [2.75, 3.05) is 0 Å².